The zero-order chi connectivity index (χ0) is 18.4. The first kappa shape index (κ1) is 19.6. The Morgan fingerprint density at radius 1 is 1.04 bits per heavy atom. The molecule has 2 aliphatic rings. The van der Waals surface area contributed by atoms with Crippen LogP contribution in [-0.4, -0.2) is 60.2 Å². The van der Waals surface area contributed by atoms with E-state index in [0.29, 0.717) is 12.1 Å². The van der Waals surface area contributed by atoms with Crippen LogP contribution in [-0.2, 0) is 0 Å². The normalized spacial score (nSPS) is 22.5. The summed E-state index contributed by atoms with van der Waals surface area (Å²) in [4.78, 5) is 5.02. The van der Waals surface area contributed by atoms with E-state index in [4.69, 9.17) is 12.2 Å². The van der Waals surface area contributed by atoms with Gasteiger partial charge in [0.2, 0.25) is 0 Å². The van der Waals surface area contributed by atoms with Crippen LogP contribution >= 0.6 is 12.2 Å². The summed E-state index contributed by atoms with van der Waals surface area (Å²) in [6.45, 7) is 6.72. The maximum Gasteiger partial charge on any atom is 0.166 e. The molecule has 0 unspecified atom stereocenters. The van der Waals surface area contributed by atoms with E-state index in [1.165, 1.54) is 37.7 Å². The second kappa shape index (κ2) is 9.67. The first-order valence-electron chi connectivity index (χ1n) is 10.2. The summed E-state index contributed by atoms with van der Waals surface area (Å²) < 4.78 is 0. The van der Waals surface area contributed by atoms with Crippen molar-refractivity contribution < 1.29 is 0 Å². The molecule has 1 heterocycles. The van der Waals surface area contributed by atoms with Crippen molar-refractivity contribution >= 4 is 17.3 Å². The van der Waals surface area contributed by atoms with Crippen molar-refractivity contribution in [3.8, 4) is 0 Å². The predicted molar refractivity (Wildman–Crippen MR) is 113 cm³/mol. The Morgan fingerprint density at radius 2 is 1.69 bits per heavy atom. The van der Waals surface area contributed by atoms with Crippen LogP contribution in [0.3, 0.4) is 0 Å². The lowest BCUT2D eigenvalue weighted by atomic mass is 9.95. The van der Waals surface area contributed by atoms with Crippen molar-refractivity contribution in [3.05, 3.63) is 35.9 Å². The van der Waals surface area contributed by atoms with Crippen LogP contribution in [0.25, 0.3) is 0 Å². The van der Waals surface area contributed by atoms with E-state index in [2.05, 4.69) is 64.7 Å². The van der Waals surface area contributed by atoms with E-state index in [-0.39, 0.29) is 6.04 Å². The van der Waals surface area contributed by atoms with Gasteiger partial charge in [-0.3, -0.25) is 4.90 Å². The Balaban J connectivity index is 1.64. The largest absolute Gasteiger partial charge is 0.360 e. The van der Waals surface area contributed by atoms with Gasteiger partial charge in [-0.2, -0.15) is 0 Å². The number of hydrogen-bond acceptors (Lipinski definition) is 3. The third-order valence-corrected chi connectivity index (χ3v) is 6.08. The summed E-state index contributed by atoms with van der Waals surface area (Å²) in [6.07, 6.45) is 6.51. The second-order valence-corrected chi connectivity index (χ2v) is 8.34. The smallest absolute Gasteiger partial charge is 0.166 e. The maximum absolute atomic E-state index is 5.65. The number of hydrogen-bond donors (Lipinski definition) is 2. The molecule has 1 aromatic carbocycles. The van der Waals surface area contributed by atoms with E-state index < -0.39 is 0 Å². The predicted octanol–water partition coefficient (Wildman–Crippen LogP) is 3.16. The third kappa shape index (κ3) is 5.41. The number of likely N-dealkylation sites (N-methyl/N-ethyl adjacent to an activating group) is 1. The van der Waals surface area contributed by atoms with Crippen molar-refractivity contribution in [2.75, 3.05) is 33.2 Å². The van der Waals surface area contributed by atoms with Crippen LogP contribution in [0.2, 0.25) is 0 Å². The zero-order valence-electron chi connectivity index (χ0n) is 16.3. The lowest BCUT2D eigenvalue weighted by molar-refractivity contribution is 0.0970. The summed E-state index contributed by atoms with van der Waals surface area (Å²) >= 11 is 5.65. The average Bonchev–Trinajstić information content (AvgIpc) is 2.65. The monoisotopic (exact) mass is 374 g/mol. The number of nitrogens with one attached hydrogen (secondary N) is 2. The van der Waals surface area contributed by atoms with Crippen LogP contribution in [0.15, 0.2) is 30.3 Å². The van der Waals surface area contributed by atoms with Gasteiger partial charge >= 0.3 is 0 Å². The van der Waals surface area contributed by atoms with E-state index in [1.807, 2.05) is 0 Å². The molecule has 2 N–H and O–H groups in total. The highest BCUT2D eigenvalue weighted by Gasteiger charge is 2.29. The van der Waals surface area contributed by atoms with Gasteiger partial charge in [0, 0.05) is 38.3 Å². The minimum absolute atomic E-state index is 0.268. The summed E-state index contributed by atoms with van der Waals surface area (Å²) in [6, 6.07) is 12.0. The fourth-order valence-electron chi connectivity index (χ4n) is 4.33. The van der Waals surface area contributed by atoms with Gasteiger partial charge in [-0.25, -0.2) is 0 Å². The molecule has 5 heteroatoms. The van der Waals surface area contributed by atoms with Crippen molar-refractivity contribution in [1.82, 2.24) is 20.4 Å². The number of piperazine rings is 1. The molecule has 2 fully saturated rings. The summed E-state index contributed by atoms with van der Waals surface area (Å²) in [5.74, 6) is 0. The molecule has 1 aliphatic heterocycles. The highest BCUT2D eigenvalue weighted by molar-refractivity contribution is 7.80. The van der Waals surface area contributed by atoms with Gasteiger partial charge in [0.1, 0.15) is 0 Å². The fraction of sp³-hybridized carbons (Fsp3) is 0.667. The van der Waals surface area contributed by atoms with Gasteiger partial charge in [0.05, 0.1) is 6.04 Å². The molecule has 0 amide bonds. The molecule has 0 spiro atoms. The standard InChI is InChI=1S/C21H34N4S/c1-17(22-21(26)23-19-11-7-4-8-12-19)20(18-9-5-3-6-10-18)25-15-13-24(2)14-16-25/h3,5-6,9-10,17,19-20H,4,7-8,11-16H2,1-2H3,(H2,22,23,26)/t17-,20+/m1/s1. The number of thiocarbonyl (C=S) groups is 1. The second-order valence-electron chi connectivity index (χ2n) is 7.94. The highest BCUT2D eigenvalue weighted by Crippen LogP contribution is 2.25. The van der Waals surface area contributed by atoms with Crippen molar-refractivity contribution in [2.24, 2.45) is 0 Å². The number of benzene rings is 1. The van der Waals surface area contributed by atoms with E-state index in [9.17, 15) is 0 Å². The third-order valence-electron chi connectivity index (χ3n) is 5.85. The van der Waals surface area contributed by atoms with Gasteiger partial charge in [-0.05, 0) is 44.6 Å². The van der Waals surface area contributed by atoms with Crippen LogP contribution in [0.5, 0.6) is 0 Å². The van der Waals surface area contributed by atoms with Crippen molar-refractivity contribution in [1.29, 1.82) is 0 Å². The molecule has 1 aliphatic carbocycles. The van der Waals surface area contributed by atoms with Crippen molar-refractivity contribution in [3.63, 3.8) is 0 Å². The molecule has 1 saturated heterocycles. The van der Waals surface area contributed by atoms with Gasteiger partial charge < -0.3 is 15.5 Å². The molecule has 0 aromatic heterocycles. The van der Waals surface area contributed by atoms with E-state index in [0.717, 1.165) is 31.3 Å². The summed E-state index contributed by atoms with van der Waals surface area (Å²) in [5, 5.41) is 7.98. The first-order valence-corrected chi connectivity index (χ1v) is 10.6. The lowest BCUT2D eigenvalue weighted by Crippen LogP contribution is -2.53. The van der Waals surface area contributed by atoms with Gasteiger partial charge in [-0.1, -0.05) is 49.6 Å². The Kier molecular flexibility index (Phi) is 7.29. The molecule has 144 valence electrons. The highest BCUT2D eigenvalue weighted by atomic mass is 32.1. The number of nitrogens with zero attached hydrogens (tertiary/aromatic N) is 2. The Hall–Kier alpha value is -1.17. The summed E-state index contributed by atoms with van der Waals surface area (Å²) in [7, 11) is 2.21. The van der Waals surface area contributed by atoms with Crippen LogP contribution < -0.4 is 10.6 Å². The molecular weight excluding hydrogens is 340 g/mol. The quantitative estimate of drug-likeness (QED) is 0.773. The molecule has 0 radical (unpaired) electrons. The van der Waals surface area contributed by atoms with E-state index in [1.54, 1.807) is 0 Å². The van der Waals surface area contributed by atoms with Crippen LogP contribution in [0.4, 0.5) is 0 Å². The fourth-order valence-corrected chi connectivity index (χ4v) is 4.68. The van der Waals surface area contributed by atoms with Crippen LogP contribution in [0.1, 0.15) is 50.6 Å². The molecule has 4 nitrogen and oxygen atoms in total. The van der Waals surface area contributed by atoms with Crippen LogP contribution in [0, 0.1) is 0 Å². The minimum Gasteiger partial charge on any atom is -0.360 e. The average molecular weight is 375 g/mol. The Morgan fingerprint density at radius 3 is 2.35 bits per heavy atom. The molecule has 1 saturated carbocycles. The lowest BCUT2D eigenvalue weighted by Gasteiger charge is -2.41. The van der Waals surface area contributed by atoms with Gasteiger partial charge in [0.15, 0.2) is 5.11 Å². The minimum atomic E-state index is 0.268. The molecule has 26 heavy (non-hydrogen) atoms. The van der Waals surface area contributed by atoms with E-state index >= 15 is 0 Å². The zero-order valence-corrected chi connectivity index (χ0v) is 17.1. The molecule has 0 bridgehead atoms. The number of rotatable bonds is 5. The summed E-state index contributed by atoms with van der Waals surface area (Å²) in [5.41, 5.74) is 1.37. The molecular formula is C21H34N4S. The van der Waals surface area contributed by atoms with Gasteiger partial charge in [-0.15, -0.1) is 0 Å². The topological polar surface area (TPSA) is 30.5 Å². The maximum atomic E-state index is 5.65. The molecule has 1 aromatic rings. The Bertz CT molecular complexity index is 550. The molecule has 2 atom stereocenters. The first-order chi connectivity index (χ1) is 12.6. The SMILES string of the molecule is C[C@@H](NC(=S)NC1CCCCC1)[C@@H](c1ccccc1)N1CCN(C)CC1. The Labute approximate surface area is 164 Å². The molecule has 3 rings (SSSR count). The van der Waals surface area contributed by atoms with Crippen molar-refractivity contribution in [2.45, 2.75) is 57.2 Å². The van der Waals surface area contributed by atoms with Gasteiger partial charge in [0.25, 0.3) is 0 Å².